The zero-order valence-corrected chi connectivity index (χ0v) is 14.4. The van der Waals surface area contributed by atoms with Crippen LogP contribution in [0.1, 0.15) is 22.1 Å². The van der Waals surface area contributed by atoms with Crippen LogP contribution in [0.2, 0.25) is 0 Å². The molecule has 0 fully saturated rings. The number of aliphatic hydroxyl groups is 1. The summed E-state index contributed by atoms with van der Waals surface area (Å²) in [6, 6.07) is 14.5. The second-order valence-corrected chi connectivity index (χ2v) is 7.35. The van der Waals surface area contributed by atoms with Crippen molar-refractivity contribution < 1.29 is 9.90 Å². The number of benzene rings is 1. The number of H-pyrrole nitrogens is 1. The highest BCUT2D eigenvalue weighted by atomic mass is 79.9. The molecular formula is C16H14BrN3O2S. The molecule has 7 heteroatoms. The lowest BCUT2D eigenvalue weighted by atomic mass is 10.1. The zero-order valence-electron chi connectivity index (χ0n) is 12.0. The molecular weight excluding hydrogens is 378 g/mol. The van der Waals surface area contributed by atoms with Crippen molar-refractivity contribution in [3.63, 3.8) is 0 Å². The van der Waals surface area contributed by atoms with Gasteiger partial charge in [0.05, 0.1) is 27.0 Å². The van der Waals surface area contributed by atoms with Crippen molar-refractivity contribution in [3.8, 4) is 10.6 Å². The molecule has 0 unspecified atom stereocenters. The van der Waals surface area contributed by atoms with E-state index in [2.05, 4.69) is 31.4 Å². The summed E-state index contributed by atoms with van der Waals surface area (Å²) in [4.78, 5) is 13.3. The molecule has 0 aliphatic heterocycles. The van der Waals surface area contributed by atoms with E-state index in [0.717, 1.165) is 19.9 Å². The first-order valence-corrected chi connectivity index (χ1v) is 8.56. The lowest BCUT2D eigenvalue weighted by Gasteiger charge is -2.15. The molecule has 0 saturated heterocycles. The van der Waals surface area contributed by atoms with Crippen LogP contribution in [0.3, 0.4) is 0 Å². The first kappa shape index (κ1) is 15.9. The van der Waals surface area contributed by atoms with Gasteiger partial charge in [0.1, 0.15) is 0 Å². The molecule has 3 N–H and O–H groups in total. The van der Waals surface area contributed by atoms with Crippen molar-refractivity contribution in [1.29, 1.82) is 0 Å². The van der Waals surface area contributed by atoms with Gasteiger partial charge in [-0.3, -0.25) is 9.89 Å². The van der Waals surface area contributed by atoms with Crippen molar-refractivity contribution in [2.75, 3.05) is 6.61 Å². The van der Waals surface area contributed by atoms with E-state index < -0.39 is 6.04 Å². The Kier molecular flexibility index (Phi) is 4.90. The van der Waals surface area contributed by atoms with Gasteiger partial charge in [-0.2, -0.15) is 5.10 Å². The third-order valence-corrected chi connectivity index (χ3v) is 5.00. The fourth-order valence-electron chi connectivity index (χ4n) is 2.18. The Morgan fingerprint density at radius 1 is 1.30 bits per heavy atom. The van der Waals surface area contributed by atoms with Crippen LogP contribution in [0.25, 0.3) is 10.6 Å². The molecule has 1 atom stereocenters. The molecule has 1 amide bonds. The number of carbonyl (C=O) groups excluding carboxylic acids is 1. The third-order valence-electron chi connectivity index (χ3n) is 3.34. The molecule has 0 aliphatic carbocycles. The number of thiophene rings is 1. The van der Waals surface area contributed by atoms with Gasteiger partial charge in [-0.25, -0.2) is 0 Å². The van der Waals surface area contributed by atoms with Gasteiger partial charge >= 0.3 is 0 Å². The average Bonchev–Trinajstić information content (AvgIpc) is 3.22. The number of hydrogen-bond acceptors (Lipinski definition) is 4. The number of nitrogens with zero attached hydrogens (tertiary/aromatic N) is 1. The largest absolute Gasteiger partial charge is 0.394 e. The minimum atomic E-state index is -0.459. The summed E-state index contributed by atoms with van der Waals surface area (Å²) in [5, 5.41) is 19.2. The van der Waals surface area contributed by atoms with E-state index in [-0.39, 0.29) is 12.5 Å². The topological polar surface area (TPSA) is 78.0 Å². The summed E-state index contributed by atoms with van der Waals surface area (Å²) in [5.41, 5.74) is 1.92. The van der Waals surface area contributed by atoms with Gasteiger partial charge in [-0.05, 0) is 39.7 Å². The van der Waals surface area contributed by atoms with Crippen molar-refractivity contribution in [2.45, 2.75) is 6.04 Å². The van der Waals surface area contributed by atoms with Gasteiger partial charge in [0.2, 0.25) is 0 Å². The number of carbonyl (C=O) groups is 1. The van der Waals surface area contributed by atoms with Crippen molar-refractivity contribution in [2.24, 2.45) is 0 Å². The molecule has 118 valence electrons. The highest BCUT2D eigenvalue weighted by Crippen LogP contribution is 2.30. The van der Waals surface area contributed by atoms with Crippen LogP contribution in [-0.2, 0) is 0 Å². The van der Waals surface area contributed by atoms with Gasteiger partial charge in [0.15, 0.2) is 5.69 Å². The summed E-state index contributed by atoms with van der Waals surface area (Å²) in [7, 11) is 0. The summed E-state index contributed by atoms with van der Waals surface area (Å²) >= 11 is 4.97. The Balaban J connectivity index is 1.74. The molecule has 2 aromatic heterocycles. The highest BCUT2D eigenvalue weighted by Gasteiger charge is 2.17. The molecule has 0 aliphatic rings. The Bertz CT molecular complexity index is 801. The maximum absolute atomic E-state index is 12.3. The van der Waals surface area contributed by atoms with Crippen molar-refractivity contribution >= 4 is 33.2 Å². The second kappa shape index (κ2) is 7.08. The third kappa shape index (κ3) is 3.69. The van der Waals surface area contributed by atoms with Gasteiger partial charge in [-0.15, -0.1) is 11.3 Å². The normalized spacial score (nSPS) is 12.1. The monoisotopic (exact) mass is 391 g/mol. The molecule has 3 aromatic rings. The lowest BCUT2D eigenvalue weighted by Crippen LogP contribution is -2.31. The van der Waals surface area contributed by atoms with Crippen LogP contribution in [0.5, 0.6) is 0 Å². The first-order valence-electron chi connectivity index (χ1n) is 6.95. The molecule has 5 nitrogen and oxygen atoms in total. The standard InChI is InChI=1S/C16H14BrN3O2S/c17-15-7-6-14(23-15)11-8-12(20-19-11)16(22)18-13(9-21)10-4-2-1-3-5-10/h1-8,13,21H,9H2,(H,18,22)(H,19,20)/t13-/m0/s1. The summed E-state index contributed by atoms with van der Waals surface area (Å²) in [5.74, 6) is -0.328. The molecule has 2 heterocycles. The fraction of sp³-hybridized carbons (Fsp3) is 0.125. The Morgan fingerprint density at radius 3 is 2.74 bits per heavy atom. The number of aromatic amines is 1. The smallest absolute Gasteiger partial charge is 0.272 e. The van der Waals surface area contributed by atoms with Crippen LogP contribution < -0.4 is 5.32 Å². The Morgan fingerprint density at radius 2 is 2.09 bits per heavy atom. The summed E-state index contributed by atoms with van der Waals surface area (Å²) in [6.45, 7) is -0.176. The maximum atomic E-state index is 12.3. The predicted molar refractivity (Wildman–Crippen MR) is 93.3 cm³/mol. The van der Waals surface area contributed by atoms with E-state index in [1.165, 1.54) is 0 Å². The molecule has 0 saturated carbocycles. The van der Waals surface area contributed by atoms with E-state index in [4.69, 9.17) is 0 Å². The van der Waals surface area contributed by atoms with Crippen LogP contribution >= 0.6 is 27.3 Å². The van der Waals surface area contributed by atoms with E-state index in [1.54, 1.807) is 17.4 Å². The number of aromatic nitrogens is 2. The first-order chi connectivity index (χ1) is 11.2. The molecule has 0 bridgehead atoms. The number of rotatable bonds is 5. The summed E-state index contributed by atoms with van der Waals surface area (Å²) < 4.78 is 1.01. The number of amides is 1. The lowest BCUT2D eigenvalue weighted by molar-refractivity contribution is 0.0911. The Labute approximate surface area is 145 Å². The molecule has 0 radical (unpaired) electrons. The number of hydrogen-bond donors (Lipinski definition) is 3. The minimum Gasteiger partial charge on any atom is -0.394 e. The maximum Gasteiger partial charge on any atom is 0.272 e. The molecule has 3 rings (SSSR count). The number of nitrogens with one attached hydrogen (secondary N) is 2. The number of halogens is 1. The van der Waals surface area contributed by atoms with Crippen molar-refractivity contribution in [3.05, 3.63) is 63.6 Å². The quantitative estimate of drug-likeness (QED) is 0.623. The van der Waals surface area contributed by atoms with Gasteiger partial charge in [0.25, 0.3) is 5.91 Å². The van der Waals surface area contributed by atoms with Gasteiger partial charge < -0.3 is 10.4 Å². The van der Waals surface area contributed by atoms with Crippen LogP contribution in [0.4, 0.5) is 0 Å². The fourth-order valence-corrected chi connectivity index (χ4v) is 3.53. The minimum absolute atomic E-state index is 0.176. The second-order valence-electron chi connectivity index (χ2n) is 4.89. The van der Waals surface area contributed by atoms with E-state index >= 15 is 0 Å². The number of aliphatic hydroxyl groups excluding tert-OH is 1. The summed E-state index contributed by atoms with van der Waals surface area (Å²) in [6.07, 6.45) is 0. The van der Waals surface area contributed by atoms with E-state index in [9.17, 15) is 9.90 Å². The predicted octanol–water partition coefficient (Wildman–Crippen LogP) is 3.36. The van der Waals surface area contributed by atoms with Crippen LogP contribution in [-0.4, -0.2) is 27.8 Å². The van der Waals surface area contributed by atoms with Gasteiger partial charge in [-0.1, -0.05) is 30.3 Å². The molecule has 23 heavy (non-hydrogen) atoms. The highest BCUT2D eigenvalue weighted by molar-refractivity contribution is 9.11. The Hall–Kier alpha value is -1.96. The molecule has 0 spiro atoms. The van der Waals surface area contributed by atoms with Crippen LogP contribution in [0.15, 0.2) is 52.3 Å². The van der Waals surface area contributed by atoms with E-state index in [0.29, 0.717) is 5.69 Å². The van der Waals surface area contributed by atoms with E-state index in [1.807, 2.05) is 42.5 Å². The SMILES string of the molecule is O=C(N[C@@H](CO)c1ccccc1)c1cc(-c2ccc(Br)s2)[nH]n1. The average molecular weight is 392 g/mol. The van der Waals surface area contributed by atoms with Crippen LogP contribution in [0, 0.1) is 0 Å². The van der Waals surface area contributed by atoms with Gasteiger partial charge in [0, 0.05) is 0 Å². The molecule has 1 aromatic carbocycles. The van der Waals surface area contributed by atoms with Crippen molar-refractivity contribution in [1.82, 2.24) is 15.5 Å². The zero-order chi connectivity index (χ0) is 16.2.